The van der Waals surface area contributed by atoms with E-state index in [2.05, 4.69) is 4.37 Å². The molecule has 2 rings (SSSR count). The average Bonchev–Trinajstić information content (AvgIpc) is 2.43. The van der Waals surface area contributed by atoms with Gasteiger partial charge in [-0.2, -0.15) is 4.37 Å². The maximum absolute atomic E-state index is 5.94. The van der Waals surface area contributed by atoms with Gasteiger partial charge in [-0.15, -0.1) is 0 Å². The Bertz CT molecular complexity index is 479. The molecule has 1 aromatic heterocycles. The third kappa shape index (κ3) is 1.51. The summed E-state index contributed by atoms with van der Waals surface area (Å²) in [5.74, 6) is 0. The van der Waals surface area contributed by atoms with E-state index in [4.69, 9.17) is 46.4 Å². The first kappa shape index (κ1) is 9.81. The van der Waals surface area contributed by atoms with Crippen LogP contribution in [-0.4, -0.2) is 4.37 Å². The van der Waals surface area contributed by atoms with E-state index in [1.54, 1.807) is 6.07 Å². The third-order valence-corrected chi connectivity index (χ3v) is 3.98. The highest BCUT2D eigenvalue weighted by Crippen LogP contribution is 2.41. The summed E-state index contributed by atoms with van der Waals surface area (Å²) in [6, 6.07) is 1.70. The van der Waals surface area contributed by atoms with Crippen molar-refractivity contribution in [1.29, 1.82) is 0 Å². The Hall–Kier alpha value is 0.270. The molecule has 0 saturated carbocycles. The van der Waals surface area contributed by atoms with Crippen molar-refractivity contribution < 1.29 is 0 Å². The van der Waals surface area contributed by atoms with Crippen LogP contribution in [0, 0.1) is 0 Å². The van der Waals surface area contributed by atoms with Gasteiger partial charge in [0.25, 0.3) is 0 Å². The quantitative estimate of drug-likeness (QED) is 0.621. The molecule has 0 N–H and O–H groups in total. The lowest BCUT2D eigenvalue weighted by atomic mass is 10.3. The topological polar surface area (TPSA) is 12.9 Å². The molecule has 0 radical (unpaired) electrons. The minimum Gasteiger partial charge on any atom is -0.180 e. The van der Waals surface area contributed by atoms with Crippen molar-refractivity contribution >= 4 is 68.0 Å². The standard InChI is InChI=1S/C7HCl4NS/c8-2-1-3-4(6(10)5(2)9)7(11)12-13-3/h1H. The summed E-state index contributed by atoms with van der Waals surface area (Å²) in [6.45, 7) is 0. The molecule has 0 unspecified atom stereocenters. The summed E-state index contributed by atoms with van der Waals surface area (Å²) < 4.78 is 4.78. The van der Waals surface area contributed by atoms with E-state index in [0.717, 1.165) is 4.70 Å². The summed E-state index contributed by atoms with van der Waals surface area (Å²) in [7, 11) is 0. The molecule has 68 valence electrons. The lowest BCUT2D eigenvalue weighted by Crippen LogP contribution is -1.73. The number of halogens is 4. The Labute approximate surface area is 98.3 Å². The van der Waals surface area contributed by atoms with E-state index in [9.17, 15) is 0 Å². The van der Waals surface area contributed by atoms with Crippen molar-refractivity contribution in [3.63, 3.8) is 0 Å². The zero-order valence-corrected chi connectivity index (χ0v) is 9.78. The highest BCUT2D eigenvalue weighted by molar-refractivity contribution is 7.14. The van der Waals surface area contributed by atoms with Crippen molar-refractivity contribution in [3.05, 3.63) is 26.3 Å². The van der Waals surface area contributed by atoms with Crippen molar-refractivity contribution in [3.8, 4) is 0 Å². The fourth-order valence-electron chi connectivity index (χ4n) is 0.972. The molecule has 0 aliphatic heterocycles. The van der Waals surface area contributed by atoms with E-state index in [-0.39, 0.29) is 0 Å². The van der Waals surface area contributed by atoms with Crippen molar-refractivity contribution in [2.24, 2.45) is 0 Å². The fourth-order valence-corrected chi connectivity index (χ4v) is 2.92. The Kier molecular flexibility index (Phi) is 2.60. The first-order valence-electron chi connectivity index (χ1n) is 3.19. The van der Waals surface area contributed by atoms with Crippen LogP contribution in [0.1, 0.15) is 0 Å². The average molecular weight is 273 g/mol. The Balaban J connectivity index is 2.97. The largest absolute Gasteiger partial charge is 0.180 e. The van der Waals surface area contributed by atoms with E-state index in [0.29, 0.717) is 25.6 Å². The van der Waals surface area contributed by atoms with Crippen LogP contribution >= 0.6 is 57.9 Å². The zero-order valence-electron chi connectivity index (χ0n) is 5.94. The zero-order chi connectivity index (χ0) is 9.59. The molecule has 0 saturated heterocycles. The summed E-state index contributed by atoms with van der Waals surface area (Å²) >= 11 is 24.7. The number of hydrogen-bond acceptors (Lipinski definition) is 2. The third-order valence-electron chi connectivity index (χ3n) is 1.56. The number of aromatic nitrogens is 1. The number of benzene rings is 1. The minimum atomic E-state index is 0.318. The number of hydrogen-bond donors (Lipinski definition) is 0. The first-order valence-corrected chi connectivity index (χ1v) is 5.48. The molecule has 1 heterocycles. The highest BCUT2D eigenvalue weighted by Gasteiger charge is 2.13. The van der Waals surface area contributed by atoms with E-state index in [1.807, 2.05) is 0 Å². The molecule has 0 aliphatic carbocycles. The van der Waals surface area contributed by atoms with Gasteiger partial charge in [-0.05, 0) is 17.6 Å². The van der Waals surface area contributed by atoms with E-state index in [1.165, 1.54) is 11.5 Å². The molecular weight excluding hydrogens is 272 g/mol. The molecule has 0 fully saturated rings. The van der Waals surface area contributed by atoms with E-state index >= 15 is 0 Å². The lowest BCUT2D eigenvalue weighted by molar-refractivity contribution is 1.60. The summed E-state index contributed by atoms with van der Waals surface area (Å²) in [6.07, 6.45) is 0. The number of fused-ring (bicyclic) bond motifs is 1. The molecule has 2 aromatic rings. The highest BCUT2D eigenvalue weighted by atomic mass is 35.5. The van der Waals surface area contributed by atoms with Crippen molar-refractivity contribution in [2.45, 2.75) is 0 Å². The van der Waals surface area contributed by atoms with Gasteiger partial charge in [0.2, 0.25) is 0 Å². The summed E-state index contributed by atoms with van der Waals surface area (Å²) in [5.41, 5.74) is 0. The molecule has 13 heavy (non-hydrogen) atoms. The van der Waals surface area contributed by atoms with Crippen LogP contribution in [0.4, 0.5) is 0 Å². The molecule has 6 heteroatoms. The smallest absolute Gasteiger partial charge is 0.152 e. The molecule has 1 aromatic carbocycles. The molecule has 0 amide bonds. The van der Waals surface area contributed by atoms with Crippen LogP contribution < -0.4 is 0 Å². The van der Waals surface area contributed by atoms with Gasteiger partial charge < -0.3 is 0 Å². The second-order valence-electron chi connectivity index (χ2n) is 2.33. The Morgan fingerprint density at radius 1 is 1.08 bits per heavy atom. The van der Waals surface area contributed by atoms with Crippen LogP contribution in [0.3, 0.4) is 0 Å². The number of rotatable bonds is 0. The molecule has 0 aliphatic rings. The van der Waals surface area contributed by atoms with Gasteiger partial charge in [-0.25, -0.2) is 0 Å². The molecular formula is C7HCl4NS. The van der Waals surface area contributed by atoms with Crippen LogP contribution in [0.5, 0.6) is 0 Å². The SMILES string of the molecule is Clc1cc2snc(Cl)c2c(Cl)c1Cl. The lowest BCUT2D eigenvalue weighted by Gasteiger charge is -1.99. The van der Waals surface area contributed by atoms with Crippen molar-refractivity contribution in [1.82, 2.24) is 4.37 Å². The van der Waals surface area contributed by atoms with Crippen LogP contribution in [0.2, 0.25) is 20.2 Å². The predicted octanol–water partition coefficient (Wildman–Crippen LogP) is 4.91. The maximum atomic E-state index is 5.94. The normalized spacial score (nSPS) is 11.1. The second kappa shape index (κ2) is 3.44. The van der Waals surface area contributed by atoms with Gasteiger partial charge in [0.05, 0.1) is 25.2 Å². The van der Waals surface area contributed by atoms with Crippen molar-refractivity contribution in [2.75, 3.05) is 0 Å². The van der Waals surface area contributed by atoms with E-state index < -0.39 is 0 Å². The van der Waals surface area contributed by atoms with Crippen LogP contribution in [0.25, 0.3) is 10.1 Å². The monoisotopic (exact) mass is 271 g/mol. The van der Waals surface area contributed by atoms with Gasteiger partial charge in [0.1, 0.15) is 0 Å². The summed E-state index contributed by atoms with van der Waals surface area (Å²) in [4.78, 5) is 0. The van der Waals surface area contributed by atoms with Gasteiger partial charge in [0.15, 0.2) is 5.15 Å². The van der Waals surface area contributed by atoms with Gasteiger partial charge in [-0.3, -0.25) is 0 Å². The second-order valence-corrected chi connectivity index (χ2v) is 4.66. The van der Waals surface area contributed by atoms with Gasteiger partial charge in [-0.1, -0.05) is 46.4 Å². The molecule has 0 atom stereocenters. The molecule has 1 nitrogen and oxygen atoms in total. The predicted molar refractivity (Wildman–Crippen MR) is 59.7 cm³/mol. The molecule has 0 bridgehead atoms. The Morgan fingerprint density at radius 2 is 1.77 bits per heavy atom. The van der Waals surface area contributed by atoms with Gasteiger partial charge in [0, 0.05) is 0 Å². The summed E-state index contributed by atoms with van der Waals surface area (Å²) in [5, 5.41) is 2.13. The Morgan fingerprint density at radius 3 is 2.46 bits per heavy atom. The van der Waals surface area contributed by atoms with Crippen LogP contribution in [-0.2, 0) is 0 Å². The first-order chi connectivity index (χ1) is 6.11. The van der Waals surface area contributed by atoms with Gasteiger partial charge >= 0.3 is 0 Å². The minimum absolute atomic E-state index is 0.318. The molecule has 0 spiro atoms. The van der Waals surface area contributed by atoms with Crippen LogP contribution in [0.15, 0.2) is 6.07 Å². The number of nitrogens with zero attached hydrogens (tertiary/aromatic N) is 1. The fraction of sp³-hybridized carbons (Fsp3) is 0. The maximum Gasteiger partial charge on any atom is 0.152 e.